The minimum absolute atomic E-state index is 0.452. The van der Waals surface area contributed by atoms with Crippen LogP contribution in [-0.2, 0) is 13.6 Å². The van der Waals surface area contributed by atoms with Crippen molar-refractivity contribution >= 4 is 5.69 Å². The Morgan fingerprint density at radius 3 is 2.45 bits per heavy atom. The first kappa shape index (κ1) is 14.6. The van der Waals surface area contributed by atoms with Gasteiger partial charge in [0, 0.05) is 31.0 Å². The second-order valence-electron chi connectivity index (χ2n) is 5.96. The first-order chi connectivity index (χ1) is 9.49. The van der Waals surface area contributed by atoms with Gasteiger partial charge in [-0.1, -0.05) is 45.9 Å². The SMILES string of the molecule is CC(C)c1ccccc1NCc1cn(C)nc1C(C)C. The number of aromatic nitrogens is 2. The lowest BCUT2D eigenvalue weighted by Gasteiger charge is -2.14. The number of rotatable bonds is 5. The molecule has 1 N–H and O–H groups in total. The van der Waals surface area contributed by atoms with E-state index in [1.807, 2.05) is 11.7 Å². The van der Waals surface area contributed by atoms with Crippen molar-refractivity contribution in [2.24, 2.45) is 7.05 Å². The molecule has 3 heteroatoms. The van der Waals surface area contributed by atoms with Gasteiger partial charge in [-0.2, -0.15) is 5.10 Å². The molecule has 0 bridgehead atoms. The molecule has 3 nitrogen and oxygen atoms in total. The molecule has 2 aromatic rings. The van der Waals surface area contributed by atoms with Gasteiger partial charge in [0.1, 0.15) is 0 Å². The van der Waals surface area contributed by atoms with Crippen molar-refractivity contribution in [3.63, 3.8) is 0 Å². The zero-order valence-corrected chi connectivity index (χ0v) is 13.1. The van der Waals surface area contributed by atoms with Gasteiger partial charge in [0.05, 0.1) is 5.69 Å². The van der Waals surface area contributed by atoms with Crippen LogP contribution >= 0.6 is 0 Å². The van der Waals surface area contributed by atoms with E-state index in [0.717, 1.165) is 6.54 Å². The van der Waals surface area contributed by atoms with E-state index in [0.29, 0.717) is 11.8 Å². The van der Waals surface area contributed by atoms with Crippen LogP contribution < -0.4 is 5.32 Å². The number of aryl methyl sites for hydroxylation is 1. The third kappa shape index (κ3) is 3.21. The summed E-state index contributed by atoms with van der Waals surface area (Å²) < 4.78 is 1.90. The van der Waals surface area contributed by atoms with Crippen molar-refractivity contribution in [1.29, 1.82) is 0 Å². The highest BCUT2D eigenvalue weighted by atomic mass is 15.3. The molecule has 0 saturated carbocycles. The predicted octanol–water partition coefficient (Wildman–Crippen LogP) is 4.28. The largest absolute Gasteiger partial charge is 0.381 e. The van der Waals surface area contributed by atoms with Crippen molar-refractivity contribution < 1.29 is 0 Å². The zero-order chi connectivity index (χ0) is 14.7. The number of anilines is 1. The van der Waals surface area contributed by atoms with E-state index in [4.69, 9.17) is 0 Å². The molecule has 2 rings (SSSR count). The molecule has 1 aromatic carbocycles. The molecule has 0 fully saturated rings. The molecule has 0 aliphatic heterocycles. The van der Waals surface area contributed by atoms with Crippen LogP contribution in [0.15, 0.2) is 30.5 Å². The third-order valence-corrected chi connectivity index (χ3v) is 3.54. The number of nitrogens with one attached hydrogen (secondary N) is 1. The van der Waals surface area contributed by atoms with Crippen LogP contribution in [0, 0.1) is 0 Å². The van der Waals surface area contributed by atoms with Gasteiger partial charge in [-0.25, -0.2) is 0 Å². The number of hydrogen-bond acceptors (Lipinski definition) is 2. The van der Waals surface area contributed by atoms with Gasteiger partial charge in [-0.15, -0.1) is 0 Å². The van der Waals surface area contributed by atoms with Crippen molar-refractivity contribution in [2.45, 2.75) is 46.1 Å². The smallest absolute Gasteiger partial charge is 0.0699 e. The topological polar surface area (TPSA) is 29.9 Å². The molecule has 0 amide bonds. The van der Waals surface area contributed by atoms with Crippen LogP contribution in [0.25, 0.3) is 0 Å². The molecule has 0 atom stereocenters. The summed E-state index contributed by atoms with van der Waals surface area (Å²) in [5.41, 5.74) is 5.05. The fourth-order valence-corrected chi connectivity index (χ4v) is 2.53. The molecular formula is C17H25N3. The summed E-state index contributed by atoms with van der Waals surface area (Å²) in [5.74, 6) is 0.977. The molecule has 20 heavy (non-hydrogen) atoms. The number of benzene rings is 1. The van der Waals surface area contributed by atoms with E-state index in [1.165, 1.54) is 22.5 Å². The second-order valence-corrected chi connectivity index (χ2v) is 5.96. The summed E-state index contributed by atoms with van der Waals surface area (Å²) >= 11 is 0. The maximum atomic E-state index is 4.56. The monoisotopic (exact) mass is 271 g/mol. The van der Waals surface area contributed by atoms with E-state index >= 15 is 0 Å². The second kappa shape index (κ2) is 6.12. The molecule has 0 spiro atoms. The van der Waals surface area contributed by atoms with E-state index in [1.54, 1.807) is 0 Å². The molecule has 108 valence electrons. The predicted molar refractivity (Wildman–Crippen MR) is 85.2 cm³/mol. The molecule has 0 unspecified atom stereocenters. The normalized spacial score (nSPS) is 11.3. The Kier molecular flexibility index (Phi) is 4.48. The van der Waals surface area contributed by atoms with Crippen LogP contribution in [0.2, 0.25) is 0 Å². The quantitative estimate of drug-likeness (QED) is 0.879. The number of hydrogen-bond donors (Lipinski definition) is 1. The Bertz CT molecular complexity index is 567. The minimum Gasteiger partial charge on any atom is -0.381 e. The molecule has 0 aliphatic rings. The maximum Gasteiger partial charge on any atom is 0.0699 e. The lowest BCUT2D eigenvalue weighted by atomic mass is 10.0. The van der Waals surface area contributed by atoms with E-state index in [2.05, 4.69) is 68.6 Å². The van der Waals surface area contributed by atoms with Crippen LogP contribution in [0.1, 0.15) is 56.4 Å². The first-order valence-corrected chi connectivity index (χ1v) is 7.34. The summed E-state index contributed by atoms with van der Waals surface area (Å²) in [4.78, 5) is 0. The van der Waals surface area contributed by atoms with Gasteiger partial charge in [-0.3, -0.25) is 4.68 Å². The van der Waals surface area contributed by atoms with Gasteiger partial charge in [0.25, 0.3) is 0 Å². The van der Waals surface area contributed by atoms with Crippen molar-refractivity contribution in [1.82, 2.24) is 9.78 Å². The highest BCUT2D eigenvalue weighted by Crippen LogP contribution is 2.25. The Morgan fingerprint density at radius 2 is 1.80 bits per heavy atom. The summed E-state index contributed by atoms with van der Waals surface area (Å²) in [7, 11) is 1.98. The lowest BCUT2D eigenvalue weighted by molar-refractivity contribution is 0.712. The van der Waals surface area contributed by atoms with Gasteiger partial charge >= 0.3 is 0 Å². The van der Waals surface area contributed by atoms with Crippen LogP contribution in [0.3, 0.4) is 0 Å². The van der Waals surface area contributed by atoms with E-state index in [-0.39, 0.29) is 0 Å². The molecule has 1 heterocycles. The third-order valence-electron chi connectivity index (χ3n) is 3.54. The lowest BCUT2D eigenvalue weighted by Crippen LogP contribution is -2.05. The zero-order valence-electron chi connectivity index (χ0n) is 13.1. The average Bonchev–Trinajstić information content (AvgIpc) is 2.78. The molecular weight excluding hydrogens is 246 g/mol. The maximum absolute atomic E-state index is 4.56. The minimum atomic E-state index is 0.452. The van der Waals surface area contributed by atoms with E-state index < -0.39 is 0 Å². The van der Waals surface area contributed by atoms with Gasteiger partial charge in [-0.05, 0) is 23.5 Å². The van der Waals surface area contributed by atoms with E-state index in [9.17, 15) is 0 Å². The van der Waals surface area contributed by atoms with Gasteiger partial charge in [0.15, 0.2) is 0 Å². The first-order valence-electron chi connectivity index (χ1n) is 7.34. The number of nitrogens with zero attached hydrogens (tertiary/aromatic N) is 2. The summed E-state index contributed by atoms with van der Waals surface area (Å²) in [5, 5.41) is 8.12. The standard InChI is InChI=1S/C17H25N3/c1-12(2)15-8-6-7-9-16(15)18-10-14-11-20(5)19-17(14)13(3)4/h6-9,11-13,18H,10H2,1-5H3. The highest BCUT2D eigenvalue weighted by molar-refractivity contribution is 5.52. The van der Waals surface area contributed by atoms with Gasteiger partial charge < -0.3 is 5.32 Å². The van der Waals surface area contributed by atoms with Crippen molar-refractivity contribution in [3.8, 4) is 0 Å². The van der Waals surface area contributed by atoms with Gasteiger partial charge in [0.2, 0.25) is 0 Å². The molecule has 0 radical (unpaired) electrons. The highest BCUT2D eigenvalue weighted by Gasteiger charge is 2.12. The van der Waals surface area contributed by atoms with Crippen molar-refractivity contribution in [3.05, 3.63) is 47.3 Å². The Balaban J connectivity index is 2.17. The summed E-state index contributed by atoms with van der Waals surface area (Å²) in [6.45, 7) is 9.65. The fourth-order valence-electron chi connectivity index (χ4n) is 2.53. The van der Waals surface area contributed by atoms with Crippen LogP contribution in [0.5, 0.6) is 0 Å². The molecule has 0 aliphatic carbocycles. The Labute approximate surface area is 122 Å². The Morgan fingerprint density at radius 1 is 1.10 bits per heavy atom. The molecule has 0 saturated heterocycles. The summed E-state index contributed by atoms with van der Waals surface area (Å²) in [6.07, 6.45) is 2.11. The van der Waals surface area contributed by atoms with Crippen LogP contribution in [0.4, 0.5) is 5.69 Å². The Hall–Kier alpha value is -1.77. The average molecular weight is 271 g/mol. The molecule has 1 aromatic heterocycles. The van der Waals surface area contributed by atoms with Crippen molar-refractivity contribution in [2.75, 3.05) is 5.32 Å². The fraction of sp³-hybridized carbons (Fsp3) is 0.471. The van der Waals surface area contributed by atoms with Crippen LogP contribution in [-0.4, -0.2) is 9.78 Å². The summed E-state index contributed by atoms with van der Waals surface area (Å²) in [6, 6.07) is 8.53. The number of para-hydroxylation sites is 1.